The second-order valence-corrected chi connectivity index (χ2v) is 5.77. The smallest absolute Gasteiger partial charge is 0.238 e. The minimum atomic E-state index is -3.51. The van der Waals surface area contributed by atoms with Gasteiger partial charge >= 0.3 is 0 Å². The zero-order valence-electron chi connectivity index (χ0n) is 10.0. The van der Waals surface area contributed by atoms with Crippen molar-refractivity contribution in [1.82, 2.24) is 10.3 Å². The molecule has 96 valence electrons. The van der Waals surface area contributed by atoms with Crippen LogP contribution in [0.3, 0.4) is 0 Å². The van der Waals surface area contributed by atoms with Gasteiger partial charge in [-0.05, 0) is 24.6 Å². The molecule has 0 aliphatic carbocycles. The van der Waals surface area contributed by atoms with Gasteiger partial charge in [0, 0.05) is 0 Å². The normalized spacial score (nSPS) is 11.4. The van der Waals surface area contributed by atoms with E-state index in [0.29, 0.717) is 5.69 Å². The molecule has 1 aromatic carbocycles. The molecule has 2 rings (SSSR count). The first-order chi connectivity index (χ1) is 8.46. The molecular formula is C11H13N3O3S. The van der Waals surface area contributed by atoms with Crippen LogP contribution in [-0.2, 0) is 15.8 Å². The van der Waals surface area contributed by atoms with E-state index in [1.807, 2.05) is 25.1 Å². The van der Waals surface area contributed by atoms with E-state index in [9.17, 15) is 8.42 Å². The molecule has 1 N–H and O–H groups in total. The van der Waals surface area contributed by atoms with Crippen molar-refractivity contribution in [2.75, 3.05) is 4.72 Å². The molecular weight excluding hydrogens is 254 g/mol. The van der Waals surface area contributed by atoms with E-state index in [1.165, 1.54) is 0 Å². The molecule has 0 radical (unpaired) electrons. The van der Waals surface area contributed by atoms with Gasteiger partial charge in [-0.1, -0.05) is 35.0 Å². The summed E-state index contributed by atoms with van der Waals surface area (Å²) in [6, 6.07) is 7.33. The molecule has 0 bridgehead atoms. The Kier molecular flexibility index (Phi) is 3.33. The zero-order valence-corrected chi connectivity index (χ0v) is 10.9. The van der Waals surface area contributed by atoms with Crippen molar-refractivity contribution in [3.63, 3.8) is 0 Å². The molecule has 2 aromatic rings. The number of nitrogens with zero attached hydrogens (tertiary/aromatic N) is 2. The Balaban J connectivity index is 2.15. The third-order valence-electron chi connectivity index (χ3n) is 2.34. The van der Waals surface area contributed by atoms with Crippen LogP contribution in [0.25, 0.3) is 0 Å². The second kappa shape index (κ2) is 4.77. The lowest BCUT2D eigenvalue weighted by Gasteiger charge is -2.05. The Morgan fingerprint density at radius 3 is 2.67 bits per heavy atom. The SMILES string of the molecule is Cc1cccc(CS(=O)(=O)Nc2nonc2C)c1. The van der Waals surface area contributed by atoms with Gasteiger partial charge in [-0.25, -0.2) is 13.0 Å². The third kappa shape index (κ3) is 3.07. The van der Waals surface area contributed by atoms with Gasteiger partial charge in [-0.3, -0.25) is 4.72 Å². The number of nitrogens with one attached hydrogen (secondary N) is 1. The van der Waals surface area contributed by atoms with Crippen LogP contribution in [-0.4, -0.2) is 18.7 Å². The fraction of sp³-hybridized carbons (Fsp3) is 0.273. The highest BCUT2D eigenvalue weighted by atomic mass is 32.2. The standard InChI is InChI=1S/C11H13N3O3S/c1-8-4-3-5-10(6-8)7-18(15,16)14-11-9(2)12-17-13-11/h3-6H,7H2,1-2H3,(H,13,14). The molecule has 7 heteroatoms. The lowest BCUT2D eigenvalue weighted by Crippen LogP contribution is -2.16. The Morgan fingerprint density at radius 2 is 2.06 bits per heavy atom. The number of hydrogen-bond donors (Lipinski definition) is 1. The zero-order chi connectivity index (χ0) is 13.2. The van der Waals surface area contributed by atoms with Gasteiger partial charge in [0.25, 0.3) is 0 Å². The van der Waals surface area contributed by atoms with E-state index in [4.69, 9.17) is 0 Å². The molecule has 0 aliphatic rings. The van der Waals surface area contributed by atoms with Gasteiger partial charge in [0.05, 0.1) is 5.75 Å². The van der Waals surface area contributed by atoms with Crippen molar-refractivity contribution >= 4 is 15.8 Å². The Hall–Kier alpha value is -1.89. The molecule has 0 amide bonds. The van der Waals surface area contributed by atoms with Crippen molar-refractivity contribution < 1.29 is 13.0 Å². The number of aryl methyl sites for hydroxylation is 2. The van der Waals surface area contributed by atoms with Gasteiger partial charge in [0.15, 0.2) is 0 Å². The highest BCUT2D eigenvalue weighted by Gasteiger charge is 2.16. The van der Waals surface area contributed by atoms with E-state index in [1.54, 1.807) is 13.0 Å². The molecule has 0 unspecified atom stereocenters. The Labute approximate surface area is 105 Å². The minimum absolute atomic E-state index is 0.110. The predicted octanol–water partition coefficient (Wildman–Crippen LogP) is 1.63. The summed E-state index contributed by atoms with van der Waals surface area (Å²) < 4.78 is 30.6. The first kappa shape index (κ1) is 12.6. The van der Waals surface area contributed by atoms with Crippen molar-refractivity contribution in [2.45, 2.75) is 19.6 Å². The van der Waals surface area contributed by atoms with E-state index in [2.05, 4.69) is 19.7 Å². The maximum Gasteiger partial charge on any atom is 0.238 e. The number of anilines is 1. The maximum atomic E-state index is 11.9. The number of aromatic nitrogens is 2. The highest BCUT2D eigenvalue weighted by molar-refractivity contribution is 7.91. The van der Waals surface area contributed by atoms with Crippen molar-refractivity contribution in [3.8, 4) is 0 Å². The highest BCUT2D eigenvalue weighted by Crippen LogP contribution is 2.13. The summed E-state index contributed by atoms with van der Waals surface area (Å²) in [6.07, 6.45) is 0. The first-order valence-electron chi connectivity index (χ1n) is 5.31. The summed E-state index contributed by atoms with van der Waals surface area (Å²) in [5, 5.41) is 6.99. The van der Waals surface area contributed by atoms with Gasteiger partial charge in [-0.15, -0.1) is 0 Å². The van der Waals surface area contributed by atoms with Crippen LogP contribution in [0.5, 0.6) is 0 Å². The molecule has 0 spiro atoms. The van der Waals surface area contributed by atoms with Crippen LogP contribution in [0.1, 0.15) is 16.8 Å². The maximum absolute atomic E-state index is 11.9. The molecule has 0 aliphatic heterocycles. The average molecular weight is 267 g/mol. The lowest BCUT2D eigenvalue weighted by atomic mass is 10.2. The summed E-state index contributed by atoms with van der Waals surface area (Å²) in [4.78, 5) is 0. The molecule has 6 nitrogen and oxygen atoms in total. The third-order valence-corrected chi connectivity index (χ3v) is 3.56. The predicted molar refractivity (Wildman–Crippen MR) is 66.5 cm³/mol. The summed E-state index contributed by atoms with van der Waals surface area (Å²) in [5.41, 5.74) is 2.14. The van der Waals surface area contributed by atoms with E-state index in [0.717, 1.165) is 11.1 Å². The summed E-state index contributed by atoms with van der Waals surface area (Å²) in [7, 11) is -3.51. The van der Waals surface area contributed by atoms with Gasteiger partial charge in [0.2, 0.25) is 15.8 Å². The Morgan fingerprint density at radius 1 is 1.28 bits per heavy atom. The summed E-state index contributed by atoms with van der Waals surface area (Å²) in [6.45, 7) is 3.52. The molecule has 0 saturated heterocycles. The van der Waals surface area contributed by atoms with Gasteiger partial charge in [0.1, 0.15) is 5.69 Å². The van der Waals surface area contributed by atoms with Crippen LogP contribution < -0.4 is 4.72 Å². The number of sulfonamides is 1. The number of rotatable bonds is 4. The molecule has 0 atom stereocenters. The molecule has 0 saturated carbocycles. The second-order valence-electron chi connectivity index (χ2n) is 4.05. The average Bonchev–Trinajstić information content (AvgIpc) is 2.62. The van der Waals surface area contributed by atoms with E-state index >= 15 is 0 Å². The van der Waals surface area contributed by atoms with E-state index < -0.39 is 10.0 Å². The Bertz CT molecular complexity index is 649. The fourth-order valence-electron chi connectivity index (χ4n) is 1.53. The van der Waals surface area contributed by atoms with Gasteiger partial charge < -0.3 is 0 Å². The number of hydrogen-bond acceptors (Lipinski definition) is 5. The van der Waals surface area contributed by atoms with E-state index in [-0.39, 0.29) is 11.6 Å². The van der Waals surface area contributed by atoms with Gasteiger partial charge in [-0.2, -0.15) is 0 Å². The molecule has 1 aromatic heterocycles. The summed E-state index contributed by atoms with van der Waals surface area (Å²) >= 11 is 0. The lowest BCUT2D eigenvalue weighted by molar-refractivity contribution is 0.306. The fourth-order valence-corrected chi connectivity index (χ4v) is 2.70. The van der Waals surface area contributed by atoms with Crippen molar-refractivity contribution in [3.05, 3.63) is 41.1 Å². The van der Waals surface area contributed by atoms with Crippen LogP contribution in [0.4, 0.5) is 5.82 Å². The monoisotopic (exact) mass is 267 g/mol. The topological polar surface area (TPSA) is 85.1 Å². The largest absolute Gasteiger partial charge is 0.263 e. The quantitative estimate of drug-likeness (QED) is 0.910. The van der Waals surface area contributed by atoms with Crippen molar-refractivity contribution in [2.24, 2.45) is 0 Å². The van der Waals surface area contributed by atoms with Crippen molar-refractivity contribution in [1.29, 1.82) is 0 Å². The molecule has 1 heterocycles. The van der Waals surface area contributed by atoms with Crippen LogP contribution >= 0.6 is 0 Å². The summed E-state index contributed by atoms with van der Waals surface area (Å²) in [5.74, 6) is 0.0173. The molecule has 18 heavy (non-hydrogen) atoms. The first-order valence-corrected chi connectivity index (χ1v) is 6.97. The van der Waals surface area contributed by atoms with Crippen LogP contribution in [0.15, 0.2) is 28.9 Å². The number of benzene rings is 1. The molecule has 0 fully saturated rings. The van der Waals surface area contributed by atoms with Crippen LogP contribution in [0, 0.1) is 13.8 Å². The van der Waals surface area contributed by atoms with Crippen LogP contribution in [0.2, 0.25) is 0 Å². The minimum Gasteiger partial charge on any atom is -0.263 e.